The van der Waals surface area contributed by atoms with Gasteiger partial charge >= 0.3 is 39.5 Å². The molecule has 3 N–H and O–H groups in total. The maximum Gasteiger partial charge on any atom is 0.472 e. The zero-order chi connectivity index (χ0) is 73.4. The summed E-state index contributed by atoms with van der Waals surface area (Å²) in [6.45, 7) is 7.33. The standard InChI is InChI=1S/C81H158O17P2/c1-6-9-12-15-18-21-23-25-27-28-29-30-31-32-33-37-42-47-52-57-62-67-81(86)98-77(71-92-79(84)65-60-55-50-45-40-38-34-35-39-44-48-53-58-63-74(4)5)73-96-100(89,90)94-69-75(82)68-93-99(87,88)95-72-76(70-91-78(83)64-59-54-49-43-20-17-14-11-8-3)97-80(85)66-61-56-51-46-41-36-26-24-22-19-16-13-10-7-2/h74-77,82H,6-73H2,1-5H3,(H,87,88)(H,89,90)/t75-,76+,77+/m0/s1. The second-order valence-electron chi connectivity index (χ2n) is 29.6. The third-order valence-corrected chi connectivity index (χ3v) is 20.9. The van der Waals surface area contributed by atoms with Gasteiger partial charge in [-0.15, -0.1) is 0 Å². The van der Waals surface area contributed by atoms with E-state index in [1.165, 1.54) is 257 Å². The van der Waals surface area contributed by atoms with E-state index in [9.17, 15) is 43.2 Å². The van der Waals surface area contributed by atoms with Gasteiger partial charge in [0.15, 0.2) is 12.2 Å². The first-order valence-corrected chi connectivity index (χ1v) is 45.1. The molecule has 0 aliphatic rings. The Balaban J connectivity index is 5.20. The van der Waals surface area contributed by atoms with Gasteiger partial charge in [-0.25, -0.2) is 9.13 Å². The second-order valence-corrected chi connectivity index (χ2v) is 32.5. The molecule has 0 aromatic rings. The molecule has 0 aliphatic carbocycles. The number of rotatable bonds is 81. The Kier molecular flexibility index (Phi) is 72.5. The number of aliphatic hydroxyl groups excluding tert-OH is 1. The summed E-state index contributed by atoms with van der Waals surface area (Å²) in [5, 5.41) is 10.6. The van der Waals surface area contributed by atoms with Crippen molar-refractivity contribution in [3.05, 3.63) is 0 Å². The Morgan fingerprint density at radius 3 is 0.680 bits per heavy atom. The van der Waals surface area contributed by atoms with Crippen molar-refractivity contribution in [2.24, 2.45) is 5.92 Å². The van der Waals surface area contributed by atoms with Crippen LogP contribution < -0.4 is 0 Å². The second kappa shape index (κ2) is 73.9. The lowest BCUT2D eigenvalue weighted by Gasteiger charge is -2.21. The van der Waals surface area contributed by atoms with E-state index in [2.05, 4.69) is 34.6 Å². The lowest BCUT2D eigenvalue weighted by Crippen LogP contribution is -2.30. The summed E-state index contributed by atoms with van der Waals surface area (Å²) in [5.41, 5.74) is 0. The van der Waals surface area contributed by atoms with Crippen LogP contribution in [0.25, 0.3) is 0 Å². The molecule has 0 aromatic heterocycles. The molecule has 0 radical (unpaired) electrons. The molecule has 0 spiro atoms. The highest BCUT2D eigenvalue weighted by Gasteiger charge is 2.30. The van der Waals surface area contributed by atoms with Crippen molar-refractivity contribution in [3.63, 3.8) is 0 Å². The third-order valence-electron chi connectivity index (χ3n) is 19.0. The van der Waals surface area contributed by atoms with Crippen LogP contribution in [-0.4, -0.2) is 96.7 Å². The first-order valence-electron chi connectivity index (χ1n) is 42.1. The Hall–Kier alpha value is -1.94. The zero-order valence-electron chi connectivity index (χ0n) is 65.3. The van der Waals surface area contributed by atoms with Gasteiger partial charge in [0, 0.05) is 25.7 Å². The molecule has 0 fully saturated rings. The number of phosphoric acid groups is 2. The fraction of sp³-hybridized carbons (Fsp3) is 0.951. The molecule has 0 bridgehead atoms. The maximum absolute atomic E-state index is 13.1. The third kappa shape index (κ3) is 74.3. The predicted octanol–water partition coefficient (Wildman–Crippen LogP) is 24.4. The number of aliphatic hydroxyl groups is 1. The van der Waals surface area contributed by atoms with Gasteiger partial charge in [0.1, 0.15) is 19.3 Å². The van der Waals surface area contributed by atoms with Gasteiger partial charge in [0.2, 0.25) is 0 Å². The summed E-state index contributed by atoms with van der Waals surface area (Å²) in [7, 11) is -9.92. The zero-order valence-corrected chi connectivity index (χ0v) is 67.1. The molecule has 0 aromatic carbocycles. The molecule has 0 saturated heterocycles. The monoisotopic (exact) mass is 1470 g/mol. The number of hydrogen-bond donors (Lipinski definition) is 3. The van der Waals surface area contributed by atoms with Crippen molar-refractivity contribution >= 4 is 39.5 Å². The quantitative estimate of drug-likeness (QED) is 0.0222. The van der Waals surface area contributed by atoms with Crippen LogP contribution in [-0.2, 0) is 65.4 Å². The molecular weight excluding hydrogens is 1310 g/mol. The molecule has 0 saturated carbocycles. The van der Waals surface area contributed by atoms with E-state index < -0.39 is 97.5 Å². The number of esters is 4. The van der Waals surface area contributed by atoms with Crippen LogP contribution >= 0.6 is 15.6 Å². The van der Waals surface area contributed by atoms with Crippen LogP contribution in [0.1, 0.15) is 433 Å². The van der Waals surface area contributed by atoms with Gasteiger partial charge in [0.25, 0.3) is 0 Å². The van der Waals surface area contributed by atoms with E-state index in [0.29, 0.717) is 25.7 Å². The summed E-state index contributed by atoms with van der Waals surface area (Å²) in [5.74, 6) is -1.32. The maximum atomic E-state index is 13.1. The van der Waals surface area contributed by atoms with E-state index in [0.717, 1.165) is 95.8 Å². The van der Waals surface area contributed by atoms with E-state index in [1.807, 2.05) is 0 Å². The predicted molar refractivity (Wildman–Crippen MR) is 409 cm³/mol. The molecule has 2 unspecified atom stereocenters. The van der Waals surface area contributed by atoms with Crippen molar-refractivity contribution in [1.82, 2.24) is 0 Å². The van der Waals surface area contributed by atoms with Crippen molar-refractivity contribution < 1.29 is 80.2 Å². The number of phosphoric ester groups is 2. The van der Waals surface area contributed by atoms with Crippen molar-refractivity contribution in [3.8, 4) is 0 Å². The van der Waals surface area contributed by atoms with E-state index >= 15 is 0 Å². The smallest absolute Gasteiger partial charge is 0.462 e. The molecule has 0 aliphatic heterocycles. The summed E-state index contributed by atoms with van der Waals surface area (Å²) in [4.78, 5) is 73.0. The minimum Gasteiger partial charge on any atom is -0.462 e. The number of ether oxygens (including phenoxy) is 4. The highest BCUT2D eigenvalue weighted by atomic mass is 31.2. The largest absolute Gasteiger partial charge is 0.472 e. The summed E-state index contributed by atoms with van der Waals surface area (Å²) >= 11 is 0. The highest BCUT2D eigenvalue weighted by molar-refractivity contribution is 7.47. The van der Waals surface area contributed by atoms with Crippen LogP contribution in [0.5, 0.6) is 0 Å². The highest BCUT2D eigenvalue weighted by Crippen LogP contribution is 2.45. The average molecular weight is 1470 g/mol. The van der Waals surface area contributed by atoms with E-state index in [-0.39, 0.29) is 25.7 Å². The minimum absolute atomic E-state index is 0.108. The van der Waals surface area contributed by atoms with Crippen LogP contribution in [0, 0.1) is 5.92 Å². The summed E-state index contributed by atoms with van der Waals surface area (Å²) in [6.07, 6.45) is 65.2. The molecule has 17 nitrogen and oxygen atoms in total. The van der Waals surface area contributed by atoms with Crippen molar-refractivity contribution in [1.29, 1.82) is 0 Å². The molecule has 0 heterocycles. The fourth-order valence-electron chi connectivity index (χ4n) is 12.6. The van der Waals surface area contributed by atoms with Crippen LogP contribution in [0.3, 0.4) is 0 Å². The van der Waals surface area contributed by atoms with Gasteiger partial charge < -0.3 is 33.8 Å². The Labute approximate surface area is 613 Å². The van der Waals surface area contributed by atoms with Gasteiger partial charge in [-0.1, -0.05) is 381 Å². The Bertz CT molecular complexity index is 1910. The Morgan fingerprint density at radius 2 is 0.460 bits per heavy atom. The molecule has 100 heavy (non-hydrogen) atoms. The number of carbonyl (C=O) groups is 4. The number of hydrogen-bond acceptors (Lipinski definition) is 15. The van der Waals surface area contributed by atoms with Crippen LogP contribution in [0.4, 0.5) is 0 Å². The van der Waals surface area contributed by atoms with Crippen LogP contribution in [0.15, 0.2) is 0 Å². The minimum atomic E-state index is -4.96. The normalized spacial score (nSPS) is 13.8. The average Bonchev–Trinajstić information content (AvgIpc) is 0.973. The lowest BCUT2D eigenvalue weighted by molar-refractivity contribution is -0.161. The Morgan fingerprint density at radius 1 is 0.270 bits per heavy atom. The van der Waals surface area contributed by atoms with E-state index in [1.54, 1.807) is 0 Å². The van der Waals surface area contributed by atoms with Crippen molar-refractivity contribution in [2.45, 2.75) is 451 Å². The number of unbranched alkanes of at least 4 members (excludes halogenated alkanes) is 53. The van der Waals surface area contributed by atoms with Gasteiger partial charge in [-0.3, -0.25) is 37.3 Å². The first-order chi connectivity index (χ1) is 48.5. The molecule has 594 valence electrons. The molecular formula is C81H158O17P2. The van der Waals surface area contributed by atoms with Crippen LogP contribution in [0.2, 0.25) is 0 Å². The van der Waals surface area contributed by atoms with Gasteiger partial charge in [-0.05, 0) is 31.6 Å². The molecule has 0 rings (SSSR count). The fourth-order valence-corrected chi connectivity index (χ4v) is 14.2. The SMILES string of the molecule is CCCCCCCCCCCCCCCCCCCCCCCC(=O)O[C@H](COC(=O)CCCCCCCCCCCCCCCC(C)C)COP(=O)(O)OC[C@@H](O)COP(=O)(O)OC[C@@H](COC(=O)CCCCCCCCCCC)OC(=O)CCCCCCCCCCCCCCCC. The number of carbonyl (C=O) groups excluding carboxylic acids is 4. The van der Waals surface area contributed by atoms with Crippen molar-refractivity contribution in [2.75, 3.05) is 39.6 Å². The van der Waals surface area contributed by atoms with Gasteiger partial charge in [-0.2, -0.15) is 0 Å². The lowest BCUT2D eigenvalue weighted by atomic mass is 10.0. The van der Waals surface area contributed by atoms with Gasteiger partial charge in [0.05, 0.1) is 26.4 Å². The molecule has 0 amide bonds. The summed E-state index contributed by atoms with van der Waals surface area (Å²) < 4.78 is 68.7. The van der Waals surface area contributed by atoms with E-state index in [4.69, 9.17) is 37.0 Å². The first kappa shape index (κ1) is 98.1. The summed E-state index contributed by atoms with van der Waals surface area (Å²) in [6, 6.07) is 0. The molecule has 19 heteroatoms. The molecule has 5 atom stereocenters. The topological polar surface area (TPSA) is 237 Å².